The predicted molar refractivity (Wildman–Crippen MR) is 75.9 cm³/mol. The third-order valence-corrected chi connectivity index (χ3v) is 3.82. The van der Waals surface area contributed by atoms with E-state index < -0.39 is 29.7 Å². The summed E-state index contributed by atoms with van der Waals surface area (Å²) in [5.41, 5.74) is -1.01. The summed E-state index contributed by atoms with van der Waals surface area (Å²) in [4.78, 5) is 28.4. The maximum atomic E-state index is 12.5. The molecule has 8 nitrogen and oxygen atoms in total. The van der Waals surface area contributed by atoms with E-state index in [-0.39, 0.29) is 11.5 Å². The SMILES string of the molecule is O=C(O)[C@@H]1CCCN1C(=O)c1cn(-c2ccc(C(F)(F)F)cn2)nn1. The second-order valence-corrected chi connectivity index (χ2v) is 5.45. The summed E-state index contributed by atoms with van der Waals surface area (Å²) in [7, 11) is 0. The van der Waals surface area contributed by atoms with Gasteiger partial charge in [-0.2, -0.15) is 13.2 Å². The number of pyridine rings is 1. The van der Waals surface area contributed by atoms with Crippen LogP contribution in [0.3, 0.4) is 0 Å². The molecule has 0 bridgehead atoms. The van der Waals surface area contributed by atoms with Crippen molar-refractivity contribution in [2.45, 2.75) is 25.1 Å². The Morgan fingerprint density at radius 3 is 2.64 bits per heavy atom. The third kappa shape index (κ3) is 3.30. The summed E-state index contributed by atoms with van der Waals surface area (Å²) < 4.78 is 38.7. The van der Waals surface area contributed by atoms with Gasteiger partial charge in [0, 0.05) is 12.7 Å². The van der Waals surface area contributed by atoms with Crippen molar-refractivity contribution in [2.75, 3.05) is 6.54 Å². The van der Waals surface area contributed by atoms with E-state index in [1.54, 1.807) is 0 Å². The number of carbonyl (C=O) groups excluding carboxylic acids is 1. The second kappa shape index (κ2) is 6.15. The number of likely N-dealkylation sites (tertiary alicyclic amines) is 1. The fraction of sp³-hybridized carbons (Fsp3) is 0.357. The largest absolute Gasteiger partial charge is 0.480 e. The summed E-state index contributed by atoms with van der Waals surface area (Å²) in [5, 5.41) is 16.5. The van der Waals surface area contributed by atoms with E-state index in [1.165, 1.54) is 11.1 Å². The minimum Gasteiger partial charge on any atom is -0.480 e. The molecule has 1 amide bonds. The van der Waals surface area contributed by atoms with Crippen molar-refractivity contribution in [2.24, 2.45) is 0 Å². The summed E-state index contributed by atoms with van der Waals surface area (Å²) in [5.74, 6) is -1.64. The number of aromatic nitrogens is 4. The van der Waals surface area contributed by atoms with Crippen molar-refractivity contribution in [1.29, 1.82) is 0 Å². The first kappa shape index (κ1) is 16.9. The van der Waals surface area contributed by atoms with Crippen molar-refractivity contribution < 1.29 is 27.9 Å². The third-order valence-electron chi connectivity index (χ3n) is 3.82. The monoisotopic (exact) mass is 355 g/mol. The van der Waals surface area contributed by atoms with Crippen LogP contribution in [0.5, 0.6) is 0 Å². The smallest absolute Gasteiger partial charge is 0.417 e. The first-order valence-electron chi connectivity index (χ1n) is 7.27. The lowest BCUT2D eigenvalue weighted by Gasteiger charge is -2.19. The molecule has 2 aromatic heterocycles. The Balaban J connectivity index is 1.80. The van der Waals surface area contributed by atoms with Crippen LogP contribution in [-0.4, -0.2) is 54.4 Å². The Hall–Kier alpha value is -2.98. The van der Waals surface area contributed by atoms with Crippen molar-refractivity contribution >= 4 is 11.9 Å². The topological polar surface area (TPSA) is 101 Å². The molecule has 0 saturated carbocycles. The number of carboxylic acids is 1. The fourth-order valence-corrected chi connectivity index (χ4v) is 2.58. The van der Waals surface area contributed by atoms with Gasteiger partial charge in [-0.15, -0.1) is 5.10 Å². The van der Waals surface area contributed by atoms with Gasteiger partial charge in [0.25, 0.3) is 5.91 Å². The number of hydrogen-bond acceptors (Lipinski definition) is 5. The highest BCUT2D eigenvalue weighted by Gasteiger charge is 2.35. The maximum absolute atomic E-state index is 12.5. The number of amides is 1. The number of rotatable bonds is 3. The van der Waals surface area contributed by atoms with Crippen LogP contribution in [0.25, 0.3) is 5.82 Å². The van der Waals surface area contributed by atoms with Crippen molar-refractivity contribution in [1.82, 2.24) is 24.9 Å². The molecular weight excluding hydrogens is 343 g/mol. The quantitative estimate of drug-likeness (QED) is 0.892. The van der Waals surface area contributed by atoms with E-state index in [9.17, 15) is 22.8 Å². The summed E-state index contributed by atoms with van der Waals surface area (Å²) in [6.07, 6.45) is -1.72. The summed E-state index contributed by atoms with van der Waals surface area (Å²) in [6.45, 7) is 0.293. The number of aliphatic carboxylic acids is 1. The van der Waals surface area contributed by atoms with Crippen LogP contribution in [0.2, 0.25) is 0 Å². The minimum atomic E-state index is -4.50. The molecule has 25 heavy (non-hydrogen) atoms. The number of alkyl halides is 3. The van der Waals surface area contributed by atoms with E-state index >= 15 is 0 Å². The molecule has 0 unspecified atom stereocenters. The van der Waals surface area contributed by atoms with Gasteiger partial charge < -0.3 is 10.0 Å². The van der Waals surface area contributed by atoms with Crippen LogP contribution in [0.15, 0.2) is 24.5 Å². The molecule has 132 valence electrons. The summed E-state index contributed by atoms with van der Waals surface area (Å²) in [6, 6.07) is 1.02. The molecule has 1 aliphatic rings. The number of nitrogens with zero attached hydrogens (tertiary/aromatic N) is 5. The Morgan fingerprint density at radius 2 is 2.04 bits per heavy atom. The molecule has 1 saturated heterocycles. The van der Waals surface area contributed by atoms with E-state index in [2.05, 4.69) is 15.3 Å². The average Bonchev–Trinajstić information content (AvgIpc) is 3.23. The Morgan fingerprint density at radius 1 is 1.28 bits per heavy atom. The highest BCUT2D eigenvalue weighted by molar-refractivity contribution is 5.95. The maximum Gasteiger partial charge on any atom is 0.417 e. The first-order valence-corrected chi connectivity index (χ1v) is 7.27. The van der Waals surface area contributed by atoms with Crippen LogP contribution in [-0.2, 0) is 11.0 Å². The molecule has 3 heterocycles. The Bertz CT molecular complexity index is 803. The Labute approximate surface area is 138 Å². The zero-order chi connectivity index (χ0) is 18.2. The molecule has 0 aliphatic carbocycles. The fourth-order valence-electron chi connectivity index (χ4n) is 2.58. The number of hydrogen-bond donors (Lipinski definition) is 1. The van der Waals surface area contributed by atoms with Crippen molar-refractivity contribution in [3.63, 3.8) is 0 Å². The number of halogens is 3. The van der Waals surface area contributed by atoms with Crippen LogP contribution >= 0.6 is 0 Å². The van der Waals surface area contributed by atoms with Crippen LogP contribution < -0.4 is 0 Å². The molecule has 0 spiro atoms. The van der Waals surface area contributed by atoms with Gasteiger partial charge in [0.15, 0.2) is 11.5 Å². The van der Waals surface area contributed by atoms with E-state index in [4.69, 9.17) is 5.11 Å². The van der Waals surface area contributed by atoms with Gasteiger partial charge in [-0.3, -0.25) is 4.79 Å². The standard InChI is InChI=1S/C14H12F3N5O3/c15-14(16,17)8-3-4-11(18-6-8)22-7-9(19-20-22)12(23)21-5-1-2-10(21)13(24)25/h3-4,6-7,10H,1-2,5H2,(H,24,25)/t10-/m0/s1. The normalized spacial score (nSPS) is 17.7. The van der Waals surface area contributed by atoms with Gasteiger partial charge in [0.1, 0.15) is 6.04 Å². The molecule has 2 aromatic rings. The number of carbonyl (C=O) groups is 2. The number of carboxylic acid groups (broad SMARTS) is 1. The highest BCUT2D eigenvalue weighted by Crippen LogP contribution is 2.28. The van der Waals surface area contributed by atoms with Crippen molar-refractivity contribution in [3.8, 4) is 5.82 Å². The van der Waals surface area contributed by atoms with E-state index in [0.717, 1.165) is 16.8 Å². The van der Waals surface area contributed by atoms with E-state index in [0.29, 0.717) is 25.6 Å². The van der Waals surface area contributed by atoms with Gasteiger partial charge >= 0.3 is 12.1 Å². The van der Waals surface area contributed by atoms with Gasteiger partial charge in [-0.25, -0.2) is 14.5 Å². The summed E-state index contributed by atoms with van der Waals surface area (Å²) >= 11 is 0. The first-order chi connectivity index (χ1) is 11.8. The molecule has 1 atom stereocenters. The lowest BCUT2D eigenvalue weighted by atomic mass is 10.2. The lowest BCUT2D eigenvalue weighted by Crippen LogP contribution is -2.40. The van der Waals surface area contributed by atoms with Gasteiger partial charge in [0.05, 0.1) is 11.8 Å². The second-order valence-electron chi connectivity index (χ2n) is 5.45. The van der Waals surface area contributed by atoms with Gasteiger partial charge in [-0.1, -0.05) is 5.21 Å². The predicted octanol–water partition coefficient (Wildman–Crippen LogP) is 1.37. The molecule has 0 radical (unpaired) electrons. The highest BCUT2D eigenvalue weighted by atomic mass is 19.4. The molecule has 0 aromatic carbocycles. The van der Waals surface area contributed by atoms with E-state index in [1.807, 2.05) is 0 Å². The zero-order valence-electron chi connectivity index (χ0n) is 12.6. The lowest BCUT2D eigenvalue weighted by molar-refractivity contribution is -0.141. The molecule has 1 N–H and O–H groups in total. The molecule has 1 fully saturated rings. The molecule has 3 rings (SSSR count). The molecule has 1 aliphatic heterocycles. The minimum absolute atomic E-state index is 0.0516. The molecule has 11 heteroatoms. The average molecular weight is 355 g/mol. The van der Waals surface area contributed by atoms with Gasteiger partial charge in [0.2, 0.25) is 0 Å². The van der Waals surface area contributed by atoms with Gasteiger partial charge in [-0.05, 0) is 25.0 Å². The van der Waals surface area contributed by atoms with Crippen LogP contribution in [0.4, 0.5) is 13.2 Å². The molecular formula is C14H12F3N5O3. The Kier molecular flexibility index (Phi) is 4.15. The zero-order valence-corrected chi connectivity index (χ0v) is 12.6. The van der Waals surface area contributed by atoms with Crippen LogP contribution in [0.1, 0.15) is 28.9 Å². The van der Waals surface area contributed by atoms with Crippen LogP contribution in [0, 0.1) is 0 Å². The van der Waals surface area contributed by atoms with Crippen molar-refractivity contribution in [3.05, 3.63) is 35.8 Å².